The standard InChI is InChI=1S/C24H25N3O4S/c1-16-4-8-21(32-16)18-6-9-23(29)27(26-18)15-22(28)25-24(10-2-3-11-24)17-5-7-19-20(14-17)31-13-12-30-19/h4-9,14H,2-3,10-13,15H2,1H3,(H,25,28). The highest BCUT2D eigenvalue weighted by Gasteiger charge is 2.38. The van der Waals surface area contributed by atoms with E-state index in [0.29, 0.717) is 24.7 Å². The van der Waals surface area contributed by atoms with Crippen molar-refractivity contribution in [2.24, 2.45) is 0 Å². The molecule has 0 unspecified atom stereocenters. The van der Waals surface area contributed by atoms with E-state index in [0.717, 1.165) is 41.9 Å². The van der Waals surface area contributed by atoms with Crippen LogP contribution >= 0.6 is 11.3 Å². The van der Waals surface area contributed by atoms with Gasteiger partial charge in [0.25, 0.3) is 5.56 Å². The van der Waals surface area contributed by atoms with Crippen molar-refractivity contribution < 1.29 is 14.3 Å². The van der Waals surface area contributed by atoms with E-state index in [2.05, 4.69) is 10.4 Å². The predicted octanol–water partition coefficient (Wildman–Crippen LogP) is 3.64. The second-order valence-electron chi connectivity index (χ2n) is 8.32. The summed E-state index contributed by atoms with van der Waals surface area (Å²) in [7, 11) is 0. The van der Waals surface area contributed by atoms with Gasteiger partial charge in [0, 0.05) is 10.9 Å². The van der Waals surface area contributed by atoms with Crippen LogP contribution in [0.1, 0.15) is 36.1 Å². The lowest BCUT2D eigenvalue weighted by Crippen LogP contribution is -2.46. The molecule has 32 heavy (non-hydrogen) atoms. The van der Waals surface area contributed by atoms with Gasteiger partial charge in [0.05, 0.1) is 10.4 Å². The van der Waals surface area contributed by atoms with E-state index >= 15 is 0 Å². The SMILES string of the molecule is Cc1ccc(-c2ccc(=O)n(CC(=O)NC3(c4ccc5c(c4)OCCO5)CCCC3)n2)s1. The number of hydrogen-bond acceptors (Lipinski definition) is 6. The molecule has 166 valence electrons. The van der Waals surface area contributed by atoms with Gasteiger partial charge < -0.3 is 14.8 Å². The summed E-state index contributed by atoms with van der Waals surface area (Å²) in [6.45, 7) is 2.96. The van der Waals surface area contributed by atoms with Crippen molar-refractivity contribution in [3.63, 3.8) is 0 Å². The third kappa shape index (κ3) is 4.02. The molecular weight excluding hydrogens is 426 g/mol. The molecule has 1 N–H and O–H groups in total. The molecule has 1 aliphatic heterocycles. The lowest BCUT2D eigenvalue weighted by atomic mass is 9.87. The first-order chi connectivity index (χ1) is 15.5. The number of amides is 1. The van der Waals surface area contributed by atoms with E-state index in [9.17, 15) is 9.59 Å². The molecule has 3 heterocycles. The van der Waals surface area contributed by atoms with E-state index in [1.165, 1.54) is 15.6 Å². The van der Waals surface area contributed by atoms with Crippen LogP contribution in [0.2, 0.25) is 0 Å². The summed E-state index contributed by atoms with van der Waals surface area (Å²) >= 11 is 1.61. The fourth-order valence-corrected chi connectivity index (χ4v) is 5.35. The first kappa shape index (κ1) is 20.8. The molecule has 1 saturated carbocycles. The van der Waals surface area contributed by atoms with Gasteiger partial charge in [-0.25, -0.2) is 4.68 Å². The molecule has 1 aromatic carbocycles. The van der Waals surface area contributed by atoms with Crippen LogP contribution in [0.3, 0.4) is 0 Å². The fourth-order valence-electron chi connectivity index (χ4n) is 4.51. The van der Waals surface area contributed by atoms with Crippen molar-refractivity contribution in [2.75, 3.05) is 13.2 Å². The second-order valence-corrected chi connectivity index (χ2v) is 9.61. The maximum Gasteiger partial charge on any atom is 0.267 e. The van der Waals surface area contributed by atoms with Gasteiger partial charge in [-0.2, -0.15) is 5.10 Å². The van der Waals surface area contributed by atoms with Crippen LogP contribution in [0, 0.1) is 6.92 Å². The Bertz CT molecular complexity index is 1210. The number of fused-ring (bicyclic) bond motifs is 1. The van der Waals surface area contributed by atoms with Gasteiger partial charge in [0.1, 0.15) is 25.5 Å². The number of nitrogens with zero attached hydrogens (tertiary/aromatic N) is 2. The van der Waals surface area contributed by atoms with Gasteiger partial charge >= 0.3 is 0 Å². The van der Waals surface area contributed by atoms with Crippen LogP contribution in [0.15, 0.2) is 47.3 Å². The summed E-state index contributed by atoms with van der Waals surface area (Å²) in [5.74, 6) is 1.22. The lowest BCUT2D eigenvalue weighted by Gasteiger charge is -2.32. The average molecular weight is 452 g/mol. The monoisotopic (exact) mass is 451 g/mol. The minimum atomic E-state index is -0.473. The molecule has 5 rings (SSSR count). The molecule has 1 fully saturated rings. The maximum absolute atomic E-state index is 13.1. The van der Waals surface area contributed by atoms with Crippen LogP contribution in [0.4, 0.5) is 0 Å². The maximum atomic E-state index is 13.1. The Morgan fingerprint density at radius 2 is 1.88 bits per heavy atom. The molecule has 0 bridgehead atoms. The van der Waals surface area contributed by atoms with Gasteiger partial charge in [0.15, 0.2) is 11.5 Å². The van der Waals surface area contributed by atoms with E-state index < -0.39 is 5.54 Å². The zero-order valence-corrected chi connectivity index (χ0v) is 18.7. The summed E-state index contributed by atoms with van der Waals surface area (Å²) in [4.78, 5) is 27.6. The molecule has 3 aromatic rings. The van der Waals surface area contributed by atoms with Crippen molar-refractivity contribution in [2.45, 2.75) is 44.7 Å². The Morgan fingerprint density at radius 3 is 2.62 bits per heavy atom. The topological polar surface area (TPSA) is 82.5 Å². The molecule has 7 nitrogen and oxygen atoms in total. The highest BCUT2D eigenvalue weighted by atomic mass is 32.1. The van der Waals surface area contributed by atoms with Crippen molar-refractivity contribution in [1.29, 1.82) is 0 Å². The summed E-state index contributed by atoms with van der Waals surface area (Å²) < 4.78 is 12.6. The summed E-state index contributed by atoms with van der Waals surface area (Å²) in [5.41, 5.74) is 0.935. The molecule has 8 heteroatoms. The molecule has 1 aliphatic carbocycles. The van der Waals surface area contributed by atoms with Gasteiger partial charge in [0.2, 0.25) is 5.91 Å². The Balaban J connectivity index is 1.38. The number of hydrogen-bond donors (Lipinski definition) is 1. The van der Waals surface area contributed by atoms with Crippen molar-refractivity contribution in [3.05, 3.63) is 63.3 Å². The molecule has 0 saturated heterocycles. The molecule has 0 spiro atoms. The summed E-state index contributed by atoms with van der Waals surface area (Å²) in [5, 5.41) is 7.66. The Hall–Kier alpha value is -3.13. The molecule has 2 aliphatic rings. The minimum Gasteiger partial charge on any atom is -0.486 e. The number of thiophene rings is 1. The number of aromatic nitrogens is 2. The number of ether oxygens (including phenoxy) is 2. The van der Waals surface area contributed by atoms with E-state index in [1.54, 1.807) is 17.4 Å². The Morgan fingerprint density at radius 1 is 1.09 bits per heavy atom. The van der Waals surface area contributed by atoms with Crippen LogP contribution in [-0.4, -0.2) is 28.9 Å². The third-order valence-corrected chi connectivity index (χ3v) is 7.11. The van der Waals surface area contributed by atoms with Gasteiger partial charge in [-0.15, -0.1) is 11.3 Å². The highest BCUT2D eigenvalue weighted by molar-refractivity contribution is 7.15. The summed E-state index contributed by atoms with van der Waals surface area (Å²) in [6.07, 6.45) is 3.74. The fraction of sp³-hybridized carbons (Fsp3) is 0.375. The second kappa shape index (κ2) is 8.43. The van der Waals surface area contributed by atoms with E-state index in [-0.39, 0.29) is 18.0 Å². The van der Waals surface area contributed by atoms with E-state index in [4.69, 9.17) is 9.47 Å². The number of nitrogens with one attached hydrogen (secondary N) is 1. The molecule has 0 atom stereocenters. The van der Waals surface area contributed by atoms with Gasteiger partial charge in [-0.1, -0.05) is 18.9 Å². The summed E-state index contributed by atoms with van der Waals surface area (Å²) in [6, 6.07) is 13.1. The average Bonchev–Trinajstić information content (AvgIpc) is 3.45. The van der Waals surface area contributed by atoms with Gasteiger partial charge in [-0.05, 0) is 55.7 Å². The Labute approximate surface area is 190 Å². The van der Waals surface area contributed by atoms with Crippen LogP contribution < -0.4 is 20.3 Å². The number of aryl methyl sites for hydroxylation is 1. The van der Waals surface area contributed by atoms with Crippen molar-refractivity contribution >= 4 is 17.2 Å². The number of rotatable bonds is 5. The van der Waals surface area contributed by atoms with Crippen molar-refractivity contribution in [3.8, 4) is 22.1 Å². The van der Waals surface area contributed by atoms with Crippen LogP contribution in [0.25, 0.3) is 10.6 Å². The first-order valence-corrected chi connectivity index (χ1v) is 11.7. The number of carbonyl (C=O) groups excluding carboxylic acids is 1. The smallest absolute Gasteiger partial charge is 0.267 e. The zero-order chi connectivity index (χ0) is 22.1. The lowest BCUT2D eigenvalue weighted by molar-refractivity contribution is -0.124. The third-order valence-electron chi connectivity index (χ3n) is 6.08. The molecular formula is C24H25N3O4S. The molecule has 2 aromatic heterocycles. The zero-order valence-electron chi connectivity index (χ0n) is 17.9. The van der Waals surface area contributed by atoms with E-state index in [1.807, 2.05) is 37.3 Å². The van der Waals surface area contributed by atoms with Crippen LogP contribution in [0.5, 0.6) is 11.5 Å². The van der Waals surface area contributed by atoms with Gasteiger partial charge in [-0.3, -0.25) is 9.59 Å². The molecule has 0 radical (unpaired) electrons. The number of carbonyl (C=O) groups is 1. The van der Waals surface area contributed by atoms with Crippen molar-refractivity contribution in [1.82, 2.24) is 15.1 Å². The van der Waals surface area contributed by atoms with Crippen LogP contribution in [-0.2, 0) is 16.9 Å². The quantitative estimate of drug-likeness (QED) is 0.641. The Kier molecular flexibility index (Phi) is 5.46. The predicted molar refractivity (Wildman–Crippen MR) is 122 cm³/mol. The molecule has 1 amide bonds. The number of benzene rings is 1. The normalized spacial score (nSPS) is 16.7. The minimum absolute atomic E-state index is 0.122. The first-order valence-electron chi connectivity index (χ1n) is 10.9. The largest absolute Gasteiger partial charge is 0.486 e. The highest BCUT2D eigenvalue weighted by Crippen LogP contribution is 2.42.